The molecule has 0 spiro atoms. The van der Waals surface area contributed by atoms with Gasteiger partial charge in [-0.1, -0.05) is 0 Å². The number of hydrogen-bond acceptors (Lipinski definition) is 3. The lowest BCUT2D eigenvalue weighted by Gasteiger charge is -2.18. The predicted octanol–water partition coefficient (Wildman–Crippen LogP) is 1.86. The molecule has 0 saturated carbocycles. The molecule has 1 saturated heterocycles. The molecule has 2 N–H and O–H groups in total. The Bertz CT molecular complexity index is 489. The van der Waals surface area contributed by atoms with Gasteiger partial charge in [0.15, 0.2) is 0 Å². The summed E-state index contributed by atoms with van der Waals surface area (Å²) in [5.74, 6) is 0.0191. The highest BCUT2D eigenvalue weighted by molar-refractivity contribution is 5.97. The average Bonchev–Trinajstić information content (AvgIpc) is 3.03. The van der Waals surface area contributed by atoms with Crippen molar-refractivity contribution in [1.29, 1.82) is 0 Å². The maximum Gasteiger partial charge on any atom is 0.253 e. The van der Waals surface area contributed by atoms with E-state index in [1.165, 1.54) is 0 Å². The van der Waals surface area contributed by atoms with Crippen LogP contribution in [0.4, 0.5) is 5.69 Å². The van der Waals surface area contributed by atoms with Gasteiger partial charge >= 0.3 is 0 Å². The molecule has 0 aliphatic carbocycles. The lowest BCUT2D eigenvalue weighted by atomic mass is 10.1. The summed E-state index contributed by atoms with van der Waals surface area (Å²) in [5.41, 5.74) is 1.38. The number of rotatable bonds is 5. The van der Waals surface area contributed by atoms with Crippen molar-refractivity contribution in [2.24, 2.45) is 0 Å². The van der Waals surface area contributed by atoms with E-state index in [9.17, 15) is 9.59 Å². The fourth-order valence-corrected chi connectivity index (χ4v) is 2.53. The van der Waals surface area contributed by atoms with E-state index < -0.39 is 0 Å². The molecule has 2 amide bonds. The number of nitrogens with one attached hydrogen (secondary N) is 2. The molecule has 5 heteroatoms. The Kier molecular flexibility index (Phi) is 5.33. The van der Waals surface area contributed by atoms with Crippen molar-refractivity contribution in [1.82, 2.24) is 10.2 Å². The number of benzene rings is 1. The van der Waals surface area contributed by atoms with Crippen molar-refractivity contribution in [3.05, 3.63) is 29.8 Å². The third-order valence-electron chi connectivity index (χ3n) is 3.83. The highest BCUT2D eigenvalue weighted by atomic mass is 16.2. The fourth-order valence-electron chi connectivity index (χ4n) is 2.53. The number of carbonyl (C=O) groups excluding carboxylic acids is 2. The van der Waals surface area contributed by atoms with E-state index in [1.807, 2.05) is 13.8 Å². The molecule has 1 aromatic carbocycles. The summed E-state index contributed by atoms with van der Waals surface area (Å²) in [6, 6.07) is 6.99. The van der Waals surface area contributed by atoms with Crippen molar-refractivity contribution in [2.75, 3.05) is 25.0 Å². The summed E-state index contributed by atoms with van der Waals surface area (Å²) in [6.07, 6.45) is 1.92. The van der Waals surface area contributed by atoms with Crippen LogP contribution in [0.5, 0.6) is 0 Å². The first-order valence-electron chi connectivity index (χ1n) is 7.59. The van der Waals surface area contributed by atoms with Gasteiger partial charge in [-0.25, -0.2) is 0 Å². The highest BCUT2D eigenvalue weighted by Gasteiger charge is 2.22. The molecular formula is C16H23N3O2. The van der Waals surface area contributed by atoms with Gasteiger partial charge in [0.1, 0.15) is 0 Å². The van der Waals surface area contributed by atoms with Crippen LogP contribution in [0, 0.1) is 0 Å². The van der Waals surface area contributed by atoms with Gasteiger partial charge in [0, 0.05) is 24.3 Å². The summed E-state index contributed by atoms with van der Waals surface area (Å²) in [7, 11) is 0. The van der Waals surface area contributed by atoms with Crippen LogP contribution in [0.1, 0.15) is 37.0 Å². The van der Waals surface area contributed by atoms with Gasteiger partial charge < -0.3 is 15.5 Å². The molecule has 0 aromatic heterocycles. The summed E-state index contributed by atoms with van der Waals surface area (Å²) in [5, 5.41) is 6.04. The molecule has 1 fully saturated rings. The summed E-state index contributed by atoms with van der Waals surface area (Å²) < 4.78 is 0. The number of hydrogen-bond donors (Lipinski definition) is 2. The molecule has 21 heavy (non-hydrogen) atoms. The zero-order valence-electron chi connectivity index (χ0n) is 12.7. The number of carbonyl (C=O) groups is 2. The molecule has 0 radical (unpaired) electrons. The van der Waals surface area contributed by atoms with Crippen LogP contribution in [0.15, 0.2) is 24.3 Å². The first-order chi connectivity index (χ1) is 10.2. The minimum atomic E-state index is -0.0954. The second-order valence-corrected chi connectivity index (χ2v) is 5.19. The molecule has 1 aromatic rings. The van der Waals surface area contributed by atoms with E-state index in [0.29, 0.717) is 18.7 Å². The first-order valence-corrected chi connectivity index (χ1v) is 7.59. The van der Waals surface area contributed by atoms with Crippen molar-refractivity contribution < 1.29 is 9.59 Å². The monoisotopic (exact) mass is 289 g/mol. The van der Waals surface area contributed by atoms with Crippen molar-refractivity contribution in [2.45, 2.75) is 32.7 Å². The maximum absolute atomic E-state index is 12.2. The van der Waals surface area contributed by atoms with Crippen molar-refractivity contribution in [3.8, 4) is 0 Å². The quantitative estimate of drug-likeness (QED) is 0.870. The Labute approximate surface area is 125 Å². The lowest BCUT2D eigenvalue weighted by molar-refractivity contribution is -0.117. The smallest absolute Gasteiger partial charge is 0.253 e. The van der Waals surface area contributed by atoms with Crippen LogP contribution in [-0.4, -0.2) is 42.4 Å². The van der Waals surface area contributed by atoms with Crippen LogP contribution < -0.4 is 10.6 Å². The Morgan fingerprint density at radius 3 is 2.43 bits per heavy atom. The summed E-state index contributed by atoms with van der Waals surface area (Å²) >= 11 is 0. The lowest BCUT2D eigenvalue weighted by Crippen LogP contribution is -2.35. The molecule has 2 rings (SSSR count). The SMILES string of the molecule is CCN(CC)C(=O)c1ccc(NC(=O)[C@@H]2CCCN2)cc1. The Morgan fingerprint density at radius 1 is 1.24 bits per heavy atom. The molecule has 1 aliphatic heterocycles. The van der Waals surface area contributed by atoms with Crippen LogP contribution >= 0.6 is 0 Å². The van der Waals surface area contributed by atoms with Crippen LogP contribution in [0.2, 0.25) is 0 Å². The van der Waals surface area contributed by atoms with E-state index in [2.05, 4.69) is 10.6 Å². The van der Waals surface area contributed by atoms with Gasteiger partial charge in [0.05, 0.1) is 6.04 Å². The highest BCUT2D eigenvalue weighted by Crippen LogP contribution is 2.13. The second kappa shape index (κ2) is 7.22. The first kappa shape index (κ1) is 15.5. The van der Waals surface area contributed by atoms with Crippen LogP contribution in [0.25, 0.3) is 0 Å². The Hall–Kier alpha value is -1.88. The minimum absolute atomic E-state index is 0.00433. The van der Waals surface area contributed by atoms with Crippen molar-refractivity contribution >= 4 is 17.5 Å². The summed E-state index contributed by atoms with van der Waals surface area (Å²) in [6.45, 7) is 6.22. The molecule has 1 heterocycles. The second-order valence-electron chi connectivity index (χ2n) is 5.19. The van der Waals surface area contributed by atoms with Gasteiger partial charge in [-0.05, 0) is 57.5 Å². The normalized spacial score (nSPS) is 17.5. The van der Waals surface area contributed by atoms with Crippen LogP contribution in [-0.2, 0) is 4.79 Å². The van der Waals surface area contributed by atoms with E-state index in [0.717, 1.165) is 25.1 Å². The Morgan fingerprint density at radius 2 is 1.90 bits per heavy atom. The van der Waals surface area contributed by atoms with E-state index in [1.54, 1.807) is 29.2 Å². The van der Waals surface area contributed by atoms with Gasteiger partial charge in [0.25, 0.3) is 5.91 Å². The van der Waals surface area contributed by atoms with Gasteiger partial charge in [-0.3, -0.25) is 9.59 Å². The molecule has 1 atom stereocenters. The van der Waals surface area contributed by atoms with Crippen LogP contribution in [0.3, 0.4) is 0 Å². The van der Waals surface area contributed by atoms with Crippen molar-refractivity contribution in [3.63, 3.8) is 0 Å². The molecule has 5 nitrogen and oxygen atoms in total. The molecule has 0 unspecified atom stereocenters. The van der Waals surface area contributed by atoms with Gasteiger partial charge in [-0.15, -0.1) is 0 Å². The third-order valence-corrected chi connectivity index (χ3v) is 3.83. The average molecular weight is 289 g/mol. The van der Waals surface area contributed by atoms with E-state index in [4.69, 9.17) is 0 Å². The predicted molar refractivity (Wildman–Crippen MR) is 83.3 cm³/mol. The van der Waals surface area contributed by atoms with Gasteiger partial charge in [0.2, 0.25) is 5.91 Å². The van der Waals surface area contributed by atoms with E-state index >= 15 is 0 Å². The maximum atomic E-state index is 12.2. The standard InChI is InChI=1S/C16H23N3O2/c1-3-19(4-2)16(21)12-7-9-13(10-8-12)18-15(20)14-6-5-11-17-14/h7-10,14,17H,3-6,11H2,1-2H3,(H,18,20)/t14-/m0/s1. The zero-order valence-corrected chi connectivity index (χ0v) is 12.7. The van der Waals surface area contributed by atoms with E-state index in [-0.39, 0.29) is 17.9 Å². The number of anilines is 1. The molecular weight excluding hydrogens is 266 g/mol. The molecule has 114 valence electrons. The molecule has 0 bridgehead atoms. The number of nitrogens with zero attached hydrogens (tertiary/aromatic N) is 1. The number of amides is 2. The summed E-state index contributed by atoms with van der Waals surface area (Å²) in [4.78, 5) is 25.9. The topological polar surface area (TPSA) is 61.4 Å². The zero-order chi connectivity index (χ0) is 15.2. The molecule has 1 aliphatic rings. The fraction of sp³-hybridized carbons (Fsp3) is 0.500. The largest absolute Gasteiger partial charge is 0.339 e. The van der Waals surface area contributed by atoms with Gasteiger partial charge in [-0.2, -0.15) is 0 Å². The minimum Gasteiger partial charge on any atom is -0.339 e. The third kappa shape index (κ3) is 3.82. The Balaban J connectivity index is 1.98.